The molecule has 9 aromatic carbocycles. The number of imide groups is 1. The third-order valence-electron chi connectivity index (χ3n) is 12.2. The maximum atomic E-state index is 14.7. The van der Waals surface area contributed by atoms with E-state index in [1.807, 2.05) is 18.2 Å². The van der Waals surface area contributed by atoms with Crippen LogP contribution in [0.4, 0.5) is 5.69 Å². The topological polar surface area (TPSA) is 42.3 Å². The predicted molar refractivity (Wildman–Crippen MR) is 233 cm³/mol. The summed E-state index contributed by atoms with van der Waals surface area (Å²) in [5.74, 6) is -0.242. The lowest BCUT2D eigenvalue weighted by Gasteiger charge is -2.32. The van der Waals surface area contributed by atoms with Crippen LogP contribution >= 0.6 is 0 Å². The van der Waals surface area contributed by atoms with Crippen LogP contribution in [0, 0.1) is 0 Å². The highest BCUT2D eigenvalue weighted by Gasteiger charge is 2.38. The molecule has 0 bridgehead atoms. The molecule has 4 nitrogen and oxygen atoms in total. The Morgan fingerprint density at radius 3 is 1.62 bits per heavy atom. The summed E-state index contributed by atoms with van der Waals surface area (Å²) in [6, 6.07) is 51.3. The Morgan fingerprint density at radius 1 is 0.411 bits per heavy atom. The second-order valence-electron chi connectivity index (χ2n) is 15.9. The number of benzene rings is 9. The van der Waals surface area contributed by atoms with Crippen LogP contribution in [0.2, 0.25) is 0 Å². The van der Waals surface area contributed by atoms with Crippen molar-refractivity contribution in [3.63, 3.8) is 0 Å². The lowest BCUT2D eigenvalue weighted by molar-refractivity contribution is 0.0893. The second-order valence-corrected chi connectivity index (χ2v) is 15.9. The monoisotopic (exact) mass is 722 g/mol. The van der Waals surface area contributed by atoms with E-state index in [9.17, 15) is 9.59 Å². The molecule has 1 aliphatic rings. The lowest BCUT2D eigenvalue weighted by atomic mass is 9.83. The van der Waals surface area contributed by atoms with Crippen LogP contribution in [0.15, 0.2) is 146 Å². The van der Waals surface area contributed by atoms with E-state index in [0.717, 1.165) is 60.4 Å². The maximum Gasteiger partial charge on any atom is 0.266 e. The van der Waals surface area contributed by atoms with E-state index in [0.29, 0.717) is 11.1 Å². The zero-order valence-corrected chi connectivity index (χ0v) is 31.7. The van der Waals surface area contributed by atoms with Crippen LogP contribution < -0.4 is 4.90 Å². The van der Waals surface area contributed by atoms with E-state index in [2.05, 4.69) is 160 Å². The number of hydrogen-bond donors (Lipinski definition) is 0. The van der Waals surface area contributed by atoms with E-state index < -0.39 is 0 Å². The average molecular weight is 723 g/mol. The Labute approximate surface area is 324 Å². The number of carbonyl (C=O) groups excluding carboxylic acids is 2. The molecule has 4 heteroatoms. The Kier molecular flexibility index (Phi) is 6.91. The van der Waals surface area contributed by atoms with Crippen molar-refractivity contribution < 1.29 is 9.59 Å². The van der Waals surface area contributed by atoms with Gasteiger partial charge in [0, 0.05) is 33.0 Å². The lowest BCUT2D eigenvalue weighted by Crippen LogP contribution is -2.41. The van der Waals surface area contributed by atoms with Gasteiger partial charge in [0.15, 0.2) is 0 Å². The van der Waals surface area contributed by atoms with E-state index in [1.54, 1.807) is 0 Å². The van der Waals surface area contributed by atoms with Gasteiger partial charge in [-0.15, -0.1) is 0 Å². The molecule has 0 N–H and O–H groups in total. The van der Waals surface area contributed by atoms with E-state index >= 15 is 0 Å². The zero-order chi connectivity index (χ0) is 38.0. The number of rotatable bonds is 5. The van der Waals surface area contributed by atoms with Crippen LogP contribution in [-0.4, -0.2) is 16.4 Å². The van der Waals surface area contributed by atoms with Gasteiger partial charge < -0.3 is 4.57 Å². The summed E-state index contributed by atoms with van der Waals surface area (Å²) in [7, 11) is 0. The van der Waals surface area contributed by atoms with Crippen molar-refractivity contribution >= 4 is 82.4 Å². The number of anilines is 1. The van der Waals surface area contributed by atoms with Gasteiger partial charge in [-0.25, -0.2) is 4.90 Å². The molecule has 2 amide bonds. The number of fused-ring (bicyclic) bond motifs is 5. The van der Waals surface area contributed by atoms with Gasteiger partial charge in [0.2, 0.25) is 0 Å². The first-order valence-corrected chi connectivity index (χ1v) is 19.6. The normalized spacial score (nSPS) is 13.4. The molecule has 268 valence electrons. The first kappa shape index (κ1) is 32.6. The fraction of sp³-hybridized carbons (Fsp3) is 0.115. The molecule has 0 atom stereocenters. The third-order valence-corrected chi connectivity index (χ3v) is 12.2. The number of carbonyl (C=O) groups is 2. The highest BCUT2D eigenvalue weighted by Crippen LogP contribution is 2.48. The number of amides is 2. The number of para-hydroxylation sites is 3. The number of nitrogens with zero attached hydrogens (tertiary/aromatic N) is 2. The summed E-state index contributed by atoms with van der Waals surface area (Å²) in [4.78, 5) is 30.8. The fourth-order valence-corrected chi connectivity index (χ4v) is 9.71. The van der Waals surface area contributed by atoms with Crippen LogP contribution in [0.5, 0.6) is 0 Å². The van der Waals surface area contributed by atoms with Crippen molar-refractivity contribution in [1.29, 1.82) is 0 Å². The number of hydrogen-bond acceptors (Lipinski definition) is 2. The SMILES string of the molecule is CC(C)c1cccc(C(C)C)c1N1C(=O)c2ccc3c4cccc5c(-c6ccc7c(c6)c6ccccc6n7-c6ccccc6)ccc(c6ccc(c2c36)C1=O)c54. The van der Waals surface area contributed by atoms with Gasteiger partial charge in [-0.05, 0) is 114 Å². The Morgan fingerprint density at radius 2 is 0.946 bits per heavy atom. The minimum absolute atomic E-state index is 0.138. The Balaban J connectivity index is 1.12. The van der Waals surface area contributed by atoms with E-state index in [4.69, 9.17) is 0 Å². The molecule has 0 spiro atoms. The second kappa shape index (κ2) is 11.9. The largest absolute Gasteiger partial charge is 0.309 e. The molecule has 1 aliphatic heterocycles. The standard InChI is InChI=1S/C52H38N2O2/c1-29(2)33-15-10-16-34(30(3)4)50(33)54-51(55)42-25-23-40-38-18-11-17-37-35(21-22-39(47(37)38)41-24-26-43(52(54)56)49(42)48(40)41)31-20-27-46-44(28-31)36-14-8-9-19-45(36)53(46)32-12-6-5-7-13-32/h5-30H,1-4H3. The number of aromatic nitrogens is 1. The van der Waals surface area contributed by atoms with Gasteiger partial charge >= 0.3 is 0 Å². The average Bonchev–Trinajstić information content (AvgIpc) is 3.55. The molecule has 0 fully saturated rings. The van der Waals surface area contributed by atoms with Crippen LogP contribution in [0.1, 0.15) is 71.4 Å². The summed E-state index contributed by atoms with van der Waals surface area (Å²) in [6.07, 6.45) is 0. The molecule has 11 rings (SSSR count). The third kappa shape index (κ3) is 4.35. The molecule has 56 heavy (non-hydrogen) atoms. The maximum absolute atomic E-state index is 14.7. The molecule has 0 saturated heterocycles. The van der Waals surface area contributed by atoms with Crippen molar-refractivity contribution in [2.75, 3.05) is 4.90 Å². The summed E-state index contributed by atoms with van der Waals surface area (Å²) in [6.45, 7) is 8.47. The summed E-state index contributed by atoms with van der Waals surface area (Å²) >= 11 is 0. The van der Waals surface area contributed by atoms with Gasteiger partial charge in [-0.2, -0.15) is 0 Å². The molecule has 0 aliphatic carbocycles. The summed E-state index contributed by atoms with van der Waals surface area (Å²) in [5.41, 5.74) is 9.72. The molecule has 1 aromatic heterocycles. The van der Waals surface area contributed by atoms with Crippen molar-refractivity contribution in [3.05, 3.63) is 168 Å². The van der Waals surface area contributed by atoms with Gasteiger partial charge in [0.1, 0.15) is 0 Å². The van der Waals surface area contributed by atoms with Crippen molar-refractivity contribution in [2.24, 2.45) is 0 Å². The van der Waals surface area contributed by atoms with Gasteiger partial charge in [0.05, 0.1) is 16.7 Å². The minimum Gasteiger partial charge on any atom is -0.309 e. The Hall–Kier alpha value is -6.78. The smallest absolute Gasteiger partial charge is 0.266 e. The van der Waals surface area contributed by atoms with Gasteiger partial charge in [0.25, 0.3) is 11.8 Å². The van der Waals surface area contributed by atoms with E-state index in [1.165, 1.54) is 43.0 Å². The van der Waals surface area contributed by atoms with Gasteiger partial charge in [-0.1, -0.05) is 131 Å². The summed E-state index contributed by atoms with van der Waals surface area (Å²) in [5, 5.41) is 10.9. The first-order valence-electron chi connectivity index (χ1n) is 19.6. The quantitative estimate of drug-likeness (QED) is 0.101. The van der Waals surface area contributed by atoms with Crippen LogP contribution in [0.3, 0.4) is 0 Å². The molecule has 10 aromatic rings. The van der Waals surface area contributed by atoms with Crippen molar-refractivity contribution in [1.82, 2.24) is 4.57 Å². The molecular formula is C52H38N2O2. The molecule has 0 saturated carbocycles. The summed E-state index contributed by atoms with van der Waals surface area (Å²) < 4.78 is 2.35. The van der Waals surface area contributed by atoms with Crippen LogP contribution in [-0.2, 0) is 0 Å². The fourth-order valence-electron chi connectivity index (χ4n) is 9.71. The van der Waals surface area contributed by atoms with Crippen LogP contribution in [0.25, 0.3) is 81.7 Å². The van der Waals surface area contributed by atoms with Crippen molar-refractivity contribution in [3.8, 4) is 16.8 Å². The molecule has 0 unspecified atom stereocenters. The zero-order valence-electron chi connectivity index (χ0n) is 31.7. The van der Waals surface area contributed by atoms with Gasteiger partial charge in [-0.3, -0.25) is 9.59 Å². The first-order chi connectivity index (χ1) is 27.3. The van der Waals surface area contributed by atoms with Crippen molar-refractivity contribution in [2.45, 2.75) is 39.5 Å². The molecule has 2 heterocycles. The highest BCUT2D eigenvalue weighted by molar-refractivity contribution is 6.42. The minimum atomic E-state index is -0.260. The van der Waals surface area contributed by atoms with E-state index in [-0.39, 0.29) is 23.7 Å². The highest BCUT2D eigenvalue weighted by atomic mass is 16.2. The molecule has 0 radical (unpaired) electrons. The predicted octanol–water partition coefficient (Wildman–Crippen LogP) is 13.5. The molecular weight excluding hydrogens is 685 g/mol. The Bertz CT molecular complexity index is 3200.